The van der Waals surface area contributed by atoms with Crippen molar-refractivity contribution < 1.29 is 28.5 Å². The molecule has 0 saturated heterocycles. The van der Waals surface area contributed by atoms with Crippen molar-refractivity contribution >= 4 is 40.1 Å². The highest BCUT2D eigenvalue weighted by atomic mass is 35.5. The highest BCUT2D eigenvalue weighted by molar-refractivity contribution is 6.31. The third kappa shape index (κ3) is 4.97. The molecule has 0 spiro atoms. The maximum Gasteiger partial charge on any atom is 0.356 e. The summed E-state index contributed by atoms with van der Waals surface area (Å²) in [6, 6.07) is 9.89. The number of carbonyl (C=O) groups excluding carboxylic acids is 2. The molecule has 0 saturated carbocycles. The minimum absolute atomic E-state index is 0.0308. The third-order valence-electron chi connectivity index (χ3n) is 4.50. The Morgan fingerprint density at radius 1 is 1.00 bits per heavy atom. The second-order valence-corrected chi connectivity index (χ2v) is 6.95. The Balaban J connectivity index is 1.92. The summed E-state index contributed by atoms with van der Waals surface area (Å²) in [5, 5.41) is 3.80. The summed E-state index contributed by atoms with van der Waals surface area (Å²) in [5.41, 5.74) is 1.89. The van der Waals surface area contributed by atoms with Gasteiger partial charge >= 0.3 is 5.97 Å². The Bertz CT molecular complexity index is 1150. The van der Waals surface area contributed by atoms with Crippen LogP contribution in [0.3, 0.4) is 0 Å². The zero-order valence-corrected chi connectivity index (χ0v) is 18.2. The maximum absolute atomic E-state index is 12.5. The molecule has 1 N–H and O–H groups in total. The lowest BCUT2D eigenvalue weighted by Crippen LogP contribution is -2.21. The number of nitrogens with one attached hydrogen (secondary N) is 1. The molecule has 8 nitrogen and oxygen atoms in total. The monoisotopic (exact) mass is 444 g/mol. The number of hydrogen-bond donors (Lipinski definition) is 1. The average Bonchev–Trinajstić information content (AvgIpc) is 2.78. The highest BCUT2D eigenvalue weighted by Crippen LogP contribution is 2.36. The van der Waals surface area contributed by atoms with Crippen molar-refractivity contribution in [2.75, 3.05) is 33.3 Å². The largest absolute Gasteiger partial charge is 0.493 e. The van der Waals surface area contributed by atoms with Gasteiger partial charge in [0.15, 0.2) is 23.8 Å². The van der Waals surface area contributed by atoms with Gasteiger partial charge in [0.2, 0.25) is 0 Å². The molecule has 0 unspecified atom stereocenters. The lowest BCUT2D eigenvalue weighted by atomic mass is 10.1. The number of pyridine rings is 1. The predicted molar refractivity (Wildman–Crippen MR) is 117 cm³/mol. The number of aromatic nitrogens is 1. The molecule has 1 amide bonds. The summed E-state index contributed by atoms with van der Waals surface area (Å²) < 4.78 is 21.1. The van der Waals surface area contributed by atoms with Crippen LogP contribution in [0.5, 0.6) is 17.2 Å². The van der Waals surface area contributed by atoms with Gasteiger partial charge < -0.3 is 24.3 Å². The van der Waals surface area contributed by atoms with E-state index >= 15 is 0 Å². The quantitative estimate of drug-likeness (QED) is 0.550. The first-order valence-corrected chi connectivity index (χ1v) is 9.58. The SMILES string of the molecule is COC(=O)c1cc(OCC(=O)Nc2cc(Cl)ccc2C)c2cc(OC)c(OC)cc2n1. The zero-order chi connectivity index (χ0) is 22.5. The first kappa shape index (κ1) is 22.2. The van der Waals surface area contributed by atoms with Crippen molar-refractivity contribution in [3.05, 3.63) is 52.7 Å². The van der Waals surface area contributed by atoms with E-state index in [0.29, 0.717) is 33.1 Å². The molecular formula is C22H21ClN2O6. The Morgan fingerprint density at radius 2 is 1.71 bits per heavy atom. The van der Waals surface area contributed by atoms with E-state index in [1.807, 2.05) is 6.92 Å². The molecule has 0 fully saturated rings. The fourth-order valence-corrected chi connectivity index (χ4v) is 3.08. The standard InChI is InChI=1S/C22H21ClN2O6/c1-12-5-6-13(23)7-15(12)25-21(26)11-31-18-10-17(22(27)30-4)24-16-9-20(29-3)19(28-2)8-14(16)18/h5-10H,11H2,1-4H3,(H,25,26). The van der Waals surface area contributed by atoms with Crippen LogP contribution in [-0.4, -0.2) is 44.8 Å². The van der Waals surface area contributed by atoms with Gasteiger partial charge in [0.1, 0.15) is 5.75 Å². The fraction of sp³-hybridized carbons (Fsp3) is 0.227. The normalized spacial score (nSPS) is 10.5. The molecule has 0 bridgehead atoms. The molecule has 9 heteroatoms. The highest BCUT2D eigenvalue weighted by Gasteiger charge is 2.17. The van der Waals surface area contributed by atoms with Crippen molar-refractivity contribution in [3.63, 3.8) is 0 Å². The Kier molecular flexibility index (Phi) is 6.81. The molecular weight excluding hydrogens is 424 g/mol. The van der Waals surface area contributed by atoms with Gasteiger partial charge in [-0.3, -0.25) is 4.79 Å². The minimum atomic E-state index is -0.638. The number of benzene rings is 2. The Labute approximate surface area is 184 Å². The van der Waals surface area contributed by atoms with E-state index in [0.717, 1.165) is 5.56 Å². The number of nitrogens with zero attached hydrogens (tertiary/aromatic N) is 1. The summed E-state index contributed by atoms with van der Waals surface area (Å²) in [6.07, 6.45) is 0. The summed E-state index contributed by atoms with van der Waals surface area (Å²) >= 11 is 6.00. The lowest BCUT2D eigenvalue weighted by Gasteiger charge is -2.14. The summed E-state index contributed by atoms with van der Waals surface area (Å²) in [5.74, 6) is 0.122. The van der Waals surface area contributed by atoms with E-state index in [1.165, 1.54) is 27.4 Å². The van der Waals surface area contributed by atoms with E-state index in [2.05, 4.69) is 10.3 Å². The van der Waals surface area contributed by atoms with Crippen LogP contribution in [0.4, 0.5) is 5.69 Å². The van der Waals surface area contributed by atoms with E-state index in [9.17, 15) is 9.59 Å². The molecule has 31 heavy (non-hydrogen) atoms. The summed E-state index contributed by atoms with van der Waals surface area (Å²) in [6.45, 7) is 1.55. The average molecular weight is 445 g/mol. The molecule has 0 aliphatic carbocycles. The van der Waals surface area contributed by atoms with Gasteiger partial charge in [0.05, 0.1) is 26.8 Å². The maximum atomic E-state index is 12.5. The van der Waals surface area contributed by atoms with Gasteiger partial charge in [-0.25, -0.2) is 9.78 Å². The van der Waals surface area contributed by atoms with Crippen molar-refractivity contribution in [1.82, 2.24) is 4.98 Å². The number of halogens is 1. The van der Waals surface area contributed by atoms with Crippen LogP contribution < -0.4 is 19.5 Å². The van der Waals surface area contributed by atoms with Crippen LogP contribution in [0.2, 0.25) is 5.02 Å². The number of anilines is 1. The lowest BCUT2D eigenvalue weighted by molar-refractivity contribution is -0.118. The number of fused-ring (bicyclic) bond motifs is 1. The van der Waals surface area contributed by atoms with Gasteiger partial charge in [-0.05, 0) is 30.7 Å². The number of hydrogen-bond acceptors (Lipinski definition) is 7. The molecule has 0 radical (unpaired) electrons. The number of esters is 1. The summed E-state index contributed by atoms with van der Waals surface area (Å²) in [7, 11) is 4.25. The minimum Gasteiger partial charge on any atom is -0.493 e. The first-order valence-electron chi connectivity index (χ1n) is 9.20. The second kappa shape index (κ2) is 9.53. The predicted octanol–water partition coefficient (Wildman–Crippen LogP) is 4.02. The third-order valence-corrected chi connectivity index (χ3v) is 4.74. The van der Waals surface area contributed by atoms with Gasteiger partial charge in [0, 0.05) is 28.2 Å². The molecule has 0 atom stereocenters. The van der Waals surface area contributed by atoms with Crippen LogP contribution in [0.25, 0.3) is 10.9 Å². The Hall–Kier alpha value is -3.52. The van der Waals surface area contributed by atoms with Crippen molar-refractivity contribution in [1.29, 1.82) is 0 Å². The molecule has 2 aromatic carbocycles. The van der Waals surface area contributed by atoms with Crippen LogP contribution in [0.15, 0.2) is 36.4 Å². The Morgan fingerprint density at radius 3 is 2.39 bits per heavy atom. The molecule has 1 heterocycles. The number of ether oxygens (including phenoxy) is 4. The van der Waals surface area contributed by atoms with E-state index in [-0.39, 0.29) is 18.1 Å². The number of amides is 1. The van der Waals surface area contributed by atoms with Gasteiger partial charge in [0.25, 0.3) is 5.91 Å². The molecule has 162 valence electrons. The van der Waals surface area contributed by atoms with Crippen LogP contribution in [0, 0.1) is 6.92 Å². The number of carbonyl (C=O) groups is 2. The molecule has 0 aliphatic heterocycles. The van der Waals surface area contributed by atoms with Crippen LogP contribution in [-0.2, 0) is 9.53 Å². The van der Waals surface area contributed by atoms with Crippen molar-refractivity contribution in [3.8, 4) is 17.2 Å². The summed E-state index contributed by atoms with van der Waals surface area (Å²) in [4.78, 5) is 28.8. The fourth-order valence-electron chi connectivity index (χ4n) is 2.91. The zero-order valence-electron chi connectivity index (χ0n) is 17.4. The van der Waals surface area contributed by atoms with Crippen molar-refractivity contribution in [2.45, 2.75) is 6.92 Å². The molecule has 3 rings (SSSR count). The molecule has 1 aromatic heterocycles. The van der Waals surface area contributed by atoms with E-state index in [4.69, 9.17) is 30.5 Å². The molecule has 3 aromatic rings. The van der Waals surface area contributed by atoms with E-state index < -0.39 is 11.9 Å². The van der Waals surface area contributed by atoms with E-state index in [1.54, 1.807) is 30.3 Å². The van der Waals surface area contributed by atoms with Gasteiger partial charge in [-0.2, -0.15) is 0 Å². The van der Waals surface area contributed by atoms with Crippen molar-refractivity contribution in [2.24, 2.45) is 0 Å². The number of methoxy groups -OCH3 is 3. The topological polar surface area (TPSA) is 96.0 Å². The first-order chi connectivity index (χ1) is 14.9. The number of aryl methyl sites for hydroxylation is 1. The van der Waals surface area contributed by atoms with Crippen LogP contribution >= 0.6 is 11.6 Å². The van der Waals surface area contributed by atoms with Gasteiger partial charge in [-0.15, -0.1) is 0 Å². The van der Waals surface area contributed by atoms with Gasteiger partial charge in [-0.1, -0.05) is 17.7 Å². The smallest absolute Gasteiger partial charge is 0.356 e. The number of rotatable bonds is 7. The van der Waals surface area contributed by atoms with Crippen LogP contribution in [0.1, 0.15) is 16.1 Å². The molecule has 0 aliphatic rings. The second-order valence-electron chi connectivity index (χ2n) is 6.52.